The summed E-state index contributed by atoms with van der Waals surface area (Å²) in [7, 11) is 3.40. The van der Waals surface area contributed by atoms with Gasteiger partial charge in [0.2, 0.25) is 0 Å². The Morgan fingerprint density at radius 1 is 1.06 bits per heavy atom. The summed E-state index contributed by atoms with van der Waals surface area (Å²) >= 11 is 0. The number of esters is 1. The van der Waals surface area contributed by atoms with Crippen LogP contribution in [0.25, 0.3) is 0 Å². The number of hydrogen-bond donors (Lipinski definition) is 4. The van der Waals surface area contributed by atoms with Crippen LogP contribution in [-0.2, 0) is 39.8 Å². The second-order valence-corrected chi connectivity index (χ2v) is 14.3. The van der Waals surface area contributed by atoms with E-state index in [1.54, 1.807) is 58.8 Å². The highest BCUT2D eigenvalue weighted by Crippen LogP contribution is 2.32. The number of likely N-dealkylation sites (N-methyl/N-ethyl adjacent to an activating group) is 1. The lowest BCUT2D eigenvalue weighted by Gasteiger charge is -2.46. The van der Waals surface area contributed by atoms with E-state index in [0.29, 0.717) is 31.2 Å². The van der Waals surface area contributed by atoms with Gasteiger partial charge in [-0.3, -0.25) is 9.59 Å². The maximum Gasteiger partial charge on any atom is 0.407 e. The third kappa shape index (κ3) is 12.3. The summed E-state index contributed by atoms with van der Waals surface area (Å²) in [4.78, 5) is 53.5. The van der Waals surface area contributed by atoms with Crippen LogP contribution in [0, 0.1) is 23.7 Å². The molecule has 12 atom stereocenters. The Morgan fingerprint density at radius 2 is 1.75 bits per heavy atom. The van der Waals surface area contributed by atoms with Crippen LogP contribution in [0.4, 0.5) is 4.79 Å². The zero-order chi connectivity index (χ0) is 38.5. The number of carbonyl (C=O) groups is 4. The number of allylic oxidation sites excluding steroid dienone is 3. The molecule has 0 bridgehead atoms. The van der Waals surface area contributed by atoms with Crippen molar-refractivity contribution in [1.29, 1.82) is 0 Å². The summed E-state index contributed by atoms with van der Waals surface area (Å²) in [6, 6.07) is 8.94. The molecule has 2 aliphatic rings. The summed E-state index contributed by atoms with van der Waals surface area (Å²) in [5, 5.41) is 36.0. The van der Waals surface area contributed by atoms with Crippen LogP contribution in [0.3, 0.4) is 0 Å². The van der Waals surface area contributed by atoms with Crippen LogP contribution in [-0.4, -0.2) is 121 Å². The largest absolute Gasteiger partial charge is 0.462 e. The highest BCUT2D eigenvalue weighted by molar-refractivity contribution is 5.92. The number of rotatable bonds is 10. The van der Waals surface area contributed by atoms with Gasteiger partial charge in [0, 0.05) is 30.2 Å². The summed E-state index contributed by atoms with van der Waals surface area (Å²) in [6.45, 7) is 8.79. The van der Waals surface area contributed by atoms with Crippen LogP contribution in [0.2, 0.25) is 0 Å². The highest BCUT2D eigenvalue weighted by atomic mass is 16.7. The molecule has 1 amide bonds. The normalized spacial score (nSPS) is 35.6. The number of carbonyl (C=O) groups excluding carboxylic acids is 4. The zero-order valence-corrected chi connectivity index (χ0v) is 31.4. The number of aliphatic hydroxyl groups excluding tert-OH is 3. The first-order valence-corrected chi connectivity index (χ1v) is 18.2. The average molecular weight is 731 g/mol. The number of nitrogens with zero attached hydrogens (tertiary/aromatic N) is 1. The zero-order valence-electron chi connectivity index (χ0n) is 31.4. The van der Waals surface area contributed by atoms with E-state index in [9.17, 15) is 34.5 Å². The number of nitrogens with one attached hydrogen (secondary N) is 1. The van der Waals surface area contributed by atoms with E-state index in [0.717, 1.165) is 5.56 Å². The van der Waals surface area contributed by atoms with E-state index in [2.05, 4.69) is 5.32 Å². The Morgan fingerprint density at radius 3 is 2.38 bits per heavy atom. The summed E-state index contributed by atoms with van der Waals surface area (Å²) in [5.41, 5.74) is 1.73. The number of aliphatic hydroxyl groups is 3. The monoisotopic (exact) mass is 730 g/mol. The van der Waals surface area contributed by atoms with Gasteiger partial charge in [-0.15, -0.1) is 0 Å². The van der Waals surface area contributed by atoms with Crippen molar-refractivity contribution in [2.75, 3.05) is 27.2 Å². The minimum atomic E-state index is -1.35. The fraction of sp³-hybridized carbons (Fsp3) is 0.641. The van der Waals surface area contributed by atoms with Crippen molar-refractivity contribution >= 4 is 24.1 Å². The first kappa shape index (κ1) is 42.9. The van der Waals surface area contributed by atoms with Crippen LogP contribution in [0.15, 0.2) is 54.1 Å². The first-order valence-electron chi connectivity index (χ1n) is 18.2. The van der Waals surface area contributed by atoms with Crippen LogP contribution < -0.4 is 5.32 Å². The average Bonchev–Trinajstić information content (AvgIpc) is 3.11. The molecule has 2 aliphatic heterocycles. The van der Waals surface area contributed by atoms with Crippen molar-refractivity contribution in [2.24, 2.45) is 23.7 Å². The summed E-state index contributed by atoms with van der Waals surface area (Å²) in [5.74, 6) is -3.97. The Hall–Kier alpha value is -3.46. The molecular formula is C39H58N2O11. The molecule has 0 spiro atoms. The van der Waals surface area contributed by atoms with Gasteiger partial charge in [0.25, 0.3) is 0 Å². The van der Waals surface area contributed by atoms with E-state index in [-0.39, 0.29) is 18.8 Å². The summed E-state index contributed by atoms with van der Waals surface area (Å²) in [6.07, 6.45) is -2.13. The highest BCUT2D eigenvalue weighted by Gasteiger charge is 2.47. The third-order valence-electron chi connectivity index (χ3n) is 9.99. The lowest BCUT2D eigenvalue weighted by atomic mass is 9.81. The van der Waals surface area contributed by atoms with Crippen LogP contribution in [0.1, 0.15) is 59.4 Å². The van der Waals surface area contributed by atoms with Gasteiger partial charge in [-0.1, -0.05) is 68.8 Å². The quantitative estimate of drug-likeness (QED) is 0.205. The van der Waals surface area contributed by atoms with Gasteiger partial charge in [-0.05, 0) is 58.8 Å². The lowest BCUT2D eigenvalue weighted by Crippen LogP contribution is -2.63. The number of alkyl carbamates (subject to hydrolysis) is 1. The number of amides is 1. The van der Waals surface area contributed by atoms with Crippen LogP contribution >= 0.6 is 0 Å². The Balaban J connectivity index is 1.85. The smallest absolute Gasteiger partial charge is 0.407 e. The summed E-state index contributed by atoms with van der Waals surface area (Å²) < 4.78 is 23.5. The SMILES string of the molecule is CC[C@H]1OC(=O)C[C@@H](O)[C@H](C)[C@@H](O[C@@H]2O[C@H](C)[C@@H](O)[C@H](N(C)C)[C@H]2O)C(C=O)C[C@@H](C)C(=O)/C=C/C(C)=C/[C@@H]1COC(=O)NCCc1ccccc1. The molecule has 4 N–H and O–H groups in total. The van der Waals surface area contributed by atoms with Gasteiger partial charge in [0.15, 0.2) is 12.1 Å². The fourth-order valence-corrected chi connectivity index (χ4v) is 6.77. The number of cyclic esters (lactones) is 1. The lowest BCUT2D eigenvalue weighted by molar-refractivity contribution is -0.302. The predicted molar refractivity (Wildman–Crippen MR) is 193 cm³/mol. The molecule has 1 fully saturated rings. The molecule has 0 aromatic heterocycles. The Kier molecular flexibility index (Phi) is 17.1. The van der Waals surface area contributed by atoms with Gasteiger partial charge < -0.3 is 49.3 Å². The van der Waals surface area contributed by atoms with Crippen molar-refractivity contribution in [3.05, 3.63) is 59.7 Å². The van der Waals surface area contributed by atoms with E-state index in [1.165, 1.54) is 6.08 Å². The molecule has 3 rings (SSSR count). The molecular weight excluding hydrogens is 672 g/mol. The molecule has 1 aromatic carbocycles. The number of benzene rings is 1. The van der Waals surface area contributed by atoms with E-state index < -0.39 is 91.1 Å². The van der Waals surface area contributed by atoms with Gasteiger partial charge in [-0.2, -0.15) is 0 Å². The molecule has 13 heteroatoms. The van der Waals surface area contributed by atoms with Crippen molar-refractivity contribution < 1.29 is 53.4 Å². The molecule has 0 aliphatic carbocycles. The molecule has 2 heterocycles. The van der Waals surface area contributed by atoms with Gasteiger partial charge in [-0.25, -0.2) is 4.79 Å². The number of aldehydes is 1. The fourth-order valence-electron chi connectivity index (χ4n) is 6.77. The van der Waals surface area contributed by atoms with E-state index in [4.69, 9.17) is 18.9 Å². The molecule has 1 aromatic rings. The molecule has 0 radical (unpaired) electrons. The van der Waals surface area contributed by atoms with Crippen molar-refractivity contribution in [3.63, 3.8) is 0 Å². The minimum absolute atomic E-state index is 0.0491. The van der Waals surface area contributed by atoms with E-state index >= 15 is 0 Å². The van der Waals surface area contributed by atoms with Crippen molar-refractivity contribution in [1.82, 2.24) is 10.2 Å². The Labute approximate surface area is 307 Å². The standard InChI is InChI=1S/C39H58N2O11/c1-8-32-29(22-49-39(48)40-17-16-27-12-10-9-11-13-27)18-23(2)14-15-30(43)24(3)19-28(21-42)37(25(4)31(44)20-33(45)51-32)52-38-36(47)34(41(6)7)35(46)26(5)50-38/h9-15,18,21,24-26,28-29,31-32,34-38,44,46-47H,8,16-17,19-20,22H2,1-7H3,(H,40,48)/b15-14+,23-18+/t24-,25+,26-,28?,29-,31-,32-,34+,35-,36-,37-,38+/m1/s1. The second-order valence-electron chi connectivity index (χ2n) is 14.3. The molecule has 13 nitrogen and oxygen atoms in total. The number of ether oxygens (including phenoxy) is 4. The van der Waals surface area contributed by atoms with Gasteiger partial charge in [0.1, 0.15) is 25.1 Å². The van der Waals surface area contributed by atoms with Crippen molar-refractivity contribution in [2.45, 2.75) is 109 Å². The Bertz CT molecular complexity index is 1370. The maximum atomic E-state index is 13.3. The molecule has 0 saturated carbocycles. The third-order valence-corrected chi connectivity index (χ3v) is 9.99. The van der Waals surface area contributed by atoms with Gasteiger partial charge >= 0.3 is 12.1 Å². The first-order chi connectivity index (χ1) is 24.7. The topological polar surface area (TPSA) is 181 Å². The number of hydrogen-bond acceptors (Lipinski definition) is 12. The molecule has 290 valence electrons. The van der Waals surface area contributed by atoms with Crippen LogP contribution in [0.5, 0.6) is 0 Å². The van der Waals surface area contributed by atoms with Crippen molar-refractivity contribution in [3.8, 4) is 0 Å². The molecule has 52 heavy (non-hydrogen) atoms. The maximum absolute atomic E-state index is 13.3. The predicted octanol–water partition coefficient (Wildman–Crippen LogP) is 2.99. The van der Waals surface area contributed by atoms with E-state index in [1.807, 2.05) is 37.3 Å². The van der Waals surface area contributed by atoms with Gasteiger partial charge in [0.05, 0.1) is 36.9 Å². The number of ketones is 1. The molecule has 1 saturated heterocycles. The minimum Gasteiger partial charge on any atom is -0.462 e. The molecule has 1 unspecified atom stereocenters. The second kappa shape index (κ2) is 20.7.